The van der Waals surface area contributed by atoms with Crippen molar-refractivity contribution in [3.63, 3.8) is 0 Å². The molecule has 3 aromatic rings. The molecule has 0 saturated heterocycles. The lowest BCUT2D eigenvalue weighted by Gasteiger charge is -2.16. The van der Waals surface area contributed by atoms with Crippen LogP contribution >= 0.6 is 0 Å². The van der Waals surface area contributed by atoms with Crippen LogP contribution in [-0.2, 0) is 9.59 Å². The largest absolute Gasteiger partial charge is 0.378 e. The molecule has 0 atom stereocenters. The molecule has 0 fully saturated rings. The van der Waals surface area contributed by atoms with E-state index in [1.54, 1.807) is 6.07 Å². The van der Waals surface area contributed by atoms with Crippen molar-refractivity contribution in [1.82, 2.24) is 0 Å². The summed E-state index contributed by atoms with van der Waals surface area (Å²) in [6.07, 6.45) is 0. The van der Waals surface area contributed by atoms with Crippen molar-refractivity contribution in [3.8, 4) is 0 Å². The number of aryl methyl sites for hydroxylation is 2. The first-order chi connectivity index (χ1) is 15.3. The van der Waals surface area contributed by atoms with Crippen LogP contribution in [0.4, 0.5) is 21.5 Å². The van der Waals surface area contributed by atoms with E-state index in [2.05, 4.69) is 5.32 Å². The highest BCUT2D eigenvalue weighted by Crippen LogP contribution is 2.36. The van der Waals surface area contributed by atoms with Crippen LogP contribution in [0.2, 0.25) is 0 Å². The van der Waals surface area contributed by atoms with Gasteiger partial charge in [0.25, 0.3) is 11.8 Å². The number of halogens is 1. The molecule has 1 N–H and O–H groups in total. The predicted molar refractivity (Wildman–Crippen MR) is 126 cm³/mol. The van der Waals surface area contributed by atoms with Gasteiger partial charge in [0.1, 0.15) is 11.5 Å². The highest BCUT2D eigenvalue weighted by Gasteiger charge is 2.41. The summed E-state index contributed by atoms with van der Waals surface area (Å²) in [7, 11) is 3.88. The van der Waals surface area contributed by atoms with Crippen LogP contribution in [0.15, 0.2) is 72.4 Å². The van der Waals surface area contributed by atoms with Crippen molar-refractivity contribution >= 4 is 34.4 Å². The molecular weight excluding hydrogens is 405 g/mol. The SMILES string of the molecule is Cc1ccc(C2=C(Nc3ccc(N(C)C)cc3)C(=O)N(c3ccccc3F)C2=O)c(C)c1. The molecule has 162 valence electrons. The van der Waals surface area contributed by atoms with Crippen LogP contribution in [0.3, 0.4) is 0 Å². The van der Waals surface area contributed by atoms with Crippen molar-refractivity contribution in [2.45, 2.75) is 13.8 Å². The van der Waals surface area contributed by atoms with Crippen LogP contribution in [0.5, 0.6) is 0 Å². The van der Waals surface area contributed by atoms with Gasteiger partial charge in [0, 0.05) is 25.5 Å². The topological polar surface area (TPSA) is 52.7 Å². The van der Waals surface area contributed by atoms with Crippen LogP contribution in [0.1, 0.15) is 16.7 Å². The lowest BCUT2D eigenvalue weighted by Crippen LogP contribution is -2.33. The minimum absolute atomic E-state index is 0.0653. The van der Waals surface area contributed by atoms with Gasteiger partial charge in [-0.1, -0.05) is 35.9 Å². The van der Waals surface area contributed by atoms with Crippen LogP contribution in [-0.4, -0.2) is 25.9 Å². The van der Waals surface area contributed by atoms with Crippen molar-refractivity contribution < 1.29 is 14.0 Å². The second-order valence-corrected chi connectivity index (χ2v) is 8.03. The Hall–Kier alpha value is -3.93. The summed E-state index contributed by atoms with van der Waals surface area (Å²) >= 11 is 0. The number of nitrogens with one attached hydrogen (secondary N) is 1. The summed E-state index contributed by atoms with van der Waals surface area (Å²) in [5.41, 5.74) is 4.49. The van der Waals surface area contributed by atoms with E-state index < -0.39 is 17.6 Å². The van der Waals surface area contributed by atoms with Gasteiger partial charge in [-0.25, -0.2) is 9.29 Å². The first kappa shape index (κ1) is 21.3. The number of para-hydroxylation sites is 1. The third-order valence-electron chi connectivity index (χ3n) is 5.48. The quantitative estimate of drug-likeness (QED) is 0.586. The first-order valence-electron chi connectivity index (χ1n) is 10.3. The monoisotopic (exact) mass is 429 g/mol. The summed E-state index contributed by atoms with van der Waals surface area (Å²) in [4.78, 5) is 29.8. The molecule has 32 heavy (non-hydrogen) atoms. The van der Waals surface area contributed by atoms with Gasteiger partial charge in [-0.05, 0) is 61.4 Å². The third kappa shape index (κ3) is 3.75. The number of hydrogen-bond acceptors (Lipinski definition) is 4. The Labute approximate surface area is 186 Å². The molecule has 4 rings (SSSR count). The van der Waals surface area contributed by atoms with E-state index in [1.807, 2.05) is 75.3 Å². The normalized spacial score (nSPS) is 13.7. The summed E-state index contributed by atoms with van der Waals surface area (Å²) in [5, 5.41) is 3.12. The van der Waals surface area contributed by atoms with E-state index in [-0.39, 0.29) is 17.0 Å². The first-order valence-corrected chi connectivity index (χ1v) is 10.3. The van der Waals surface area contributed by atoms with Crippen molar-refractivity contribution in [2.24, 2.45) is 0 Å². The van der Waals surface area contributed by atoms with E-state index in [9.17, 15) is 14.0 Å². The van der Waals surface area contributed by atoms with E-state index in [1.165, 1.54) is 18.2 Å². The Kier molecular flexibility index (Phi) is 5.53. The molecule has 2 amide bonds. The zero-order chi connectivity index (χ0) is 23.0. The smallest absolute Gasteiger partial charge is 0.282 e. The highest BCUT2D eigenvalue weighted by molar-refractivity contribution is 6.46. The average Bonchev–Trinajstić information content (AvgIpc) is 2.99. The molecule has 0 aromatic heterocycles. The Bertz CT molecular complexity index is 1250. The molecule has 0 aliphatic carbocycles. The van der Waals surface area contributed by atoms with Gasteiger partial charge in [-0.15, -0.1) is 0 Å². The average molecular weight is 429 g/mol. The van der Waals surface area contributed by atoms with Gasteiger partial charge >= 0.3 is 0 Å². The number of anilines is 3. The number of amides is 2. The minimum Gasteiger partial charge on any atom is -0.378 e. The van der Waals surface area contributed by atoms with Gasteiger partial charge < -0.3 is 10.2 Å². The second kappa shape index (κ2) is 8.30. The van der Waals surface area contributed by atoms with Gasteiger partial charge in [0.05, 0.1) is 11.3 Å². The number of imide groups is 1. The molecule has 5 nitrogen and oxygen atoms in total. The van der Waals surface area contributed by atoms with Crippen molar-refractivity contribution in [3.05, 3.63) is 94.9 Å². The molecule has 6 heteroatoms. The highest BCUT2D eigenvalue weighted by atomic mass is 19.1. The Morgan fingerprint density at radius 1 is 0.875 bits per heavy atom. The van der Waals surface area contributed by atoms with E-state index in [4.69, 9.17) is 0 Å². The molecule has 1 aliphatic rings. The molecule has 0 saturated carbocycles. The Balaban J connectivity index is 1.83. The molecule has 0 bridgehead atoms. The third-order valence-corrected chi connectivity index (χ3v) is 5.48. The number of rotatable bonds is 5. The lowest BCUT2D eigenvalue weighted by molar-refractivity contribution is -0.120. The van der Waals surface area contributed by atoms with Gasteiger partial charge in [-0.2, -0.15) is 0 Å². The standard InChI is InChI=1S/C26H24FN3O2/c1-16-9-14-20(17(2)15-16)23-24(28-18-10-12-19(13-11-18)29(3)4)26(32)30(25(23)31)22-8-6-5-7-21(22)27/h5-15,28H,1-4H3. The van der Waals surface area contributed by atoms with E-state index in [0.29, 0.717) is 11.3 Å². The predicted octanol–water partition coefficient (Wildman–Crippen LogP) is 4.91. The van der Waals surface area contributed by atoms with Crippen LogP contribution < -0.4 is 15.1 Å². The number of hydrogen-bond donors (Lipinski definition) is 1. The molecule has 1 heterocycles. The van der Waals surface area contributed by atoms with Crippen molar-refractivity contribution in [1.29, 1.82) is 0 Å². The molecular formula is C26H24FN3O2. The zero-order valence-electron chi connectivity index (χ0n) is 18.4. The zero-order valence-corrected chi connectivity index (χ0v) is 18.4. The van der Waals surface area contributed by atoms with E-state index in [0.717, 1.165) is 21.7 Å². The van der Waals surface area contributed by atoms with Crippen molar-refractivity contribution in [2.75, 3.05) is 29.2 Å². The van der Waals surface area contributed by atoms with Gasteiger partial charge in [-0.3, -0.25) is 9.59 Å². The van der Waals surface area contributed by atoms with Crippen LogP contribution in [0.25, 0.3) is 5.57 Å². The number of carbonyl (C=O) groups is 2. The fourth-order valence-corrected chi connectivity index (χ4v) is 3.83. The fraction of sp³-hybridized carbons (Fsp3) is 0.154. The molecule has 1 aliphatic heterocycles. The molecule has 0 radical (unpaired) electrons. The fourth-order valence-electron chi connectivity index (χ4n) is 3.83. The molecule has 0 unspecified atom stereocenters. The Morgan fingerprint density at radius 3 is 2.19 bits per heavy atom. The van der Waals surface area contributed by atoms with Gasteiger partial charge in [0.2, 0.25) is 0 Å². The number of nitrogens with zero attached hydrogens (tertiary/aromatic N) is 2. The van der Waals surface area contributed by atoms with Crippen LogP contribution in [0, 0.1) is 19.7 Å². The van der Waals surface area contributed by atoms with E-state index >= 15 is 0 Å². The summed E-state index contributed by atoms with van der Waals surface area (Å²) in [6.45, 7) is 3.85. The Morgan fingerprint density at radius 2 is 1.56 bits per heavy atom. The number of carbonyl (C=O) groups excluding carboxylic acids is 2. The summed E-state index contributed by atoms with van der Waals surface area (Å²) in [5.74, 6) is -1.78. The minimum atomic E-state index is -0.634. The second-order valence-electron chi connectivity index (χ2n) is 8.03. The number of benzene rings is 3. The maximum absolute atomic E-state index is 14.5. The summed E-state index contributed by atoms with van der Waals surface area (Å²) in [6, 6.07) is 19.0. The maximum atomic E-state index is 14.5. The van der Waals surface area contributed by atoms with Gasteiger partial charge in [0.15, 0.2) is 0 Å². The summed E-state index contributed by atoms with van der Waals surface area (Å²) < 4.78 is 14.5. The lowest BCUT2D eigenvalue weighted by atomic mass is 9.97. The maximum Gasteiger partial charge on any atom is 0.282 e. The molecule has 0 spiro atoms. The molecule has 3 aromatic carbocycles.